The molecule has 26 heavy (non-hydrogen) atoms. The standard InChI is InChI=1S/C18H21FN2O4S/c1-12-14-3-2-4-15(19)17(14)25-16(12)18(22)21-8-6-20(7-9-21)13-5-10-26(23,24)11-13/h2-4,13H,5-11H2,1H3/p+1/t13-/m1/s1. The van der Waals surface area contributed by atoms with E-state index in [0.717, 1.165) is 13.1 Å². The van der Waals surface area contributed by atoms with Gasteiger partial charge in [0.15, 0.2) is 27.0 Å². The van der Waals surface area contributed by atoms with E-state index in [0.29, 0.717) is 30.5 Å². The highest BCUT2D eigenvalue weighted by atomic mass is 32.2. The summed E-state index contributed by atoms with van der Waals surface area (Å²) in [4.78, 5) is 15.8. The number of hydrogen-bond acceptors (Lipinski definition) is 4. The fourth-order valence-electron chi connectivity index (χ4n) is 4.08. The van der Waals surface area contributed by atoms with Gasteiger partial charge in [-0.05, 0) is 13.0 Å². The van der Waals surface area contributed by atoms with Gasteiger partial charge in [0.25, 0.3) is 5.91 Å². The molecule has 2 fully saturated rings. The Labute approximate surface area is 151 Å². The minimum atomic E-state index is -2.89. The second-order valence-corrected chi connectivity index (χ2v) is 9.45. The second-order valence-electron chi connectivity index (χ2n) is 7.22. The fraction of sp³-hybridized carbons (Fsp3) is 0.500. The number of furan rings is 1. The smallest absolute Gasteiger partial charge is 0.290 e. The van der Waals surface area contributed by atoms with E-state index in [1.54, 1.807) is 24.0 Å². The molecule has 140 valence electrons. The number of piperazine rings is 1. The molecule has 0 aliphatic carbocycles. The van der Waals surface area contributed by atoms with E-state index >= 15 is 0 Å². The lowest BCUT2D eigenvalue weighted by molar-refractivity contribution is -0.925. The zero-order valence-electron chi connectivity index (χ0n) is 14.6. The number of carbonyl (C=O) groups excluding carboxylic acids is 1. The Kier molecular flexibility index (Phi) is 4.27. The Bertz CT molecular complexity index is 961. The van der Waals surface area contributed by atoms with Gasteiger partial charge in [0.2, 0.25) is 0 Å². The largest absolute Gasteiger partial charge is 0.448 e. The van der Waals surface area contributed by atoms with Gasteiger partial charge in [0.1, 0.15) is 11.8 Å². The second kappa shape index (κ2) is 6.35. The number of amides is 1. The molecule has 0 bridgehead atoms. The molecule has 1 atom stereocenters. The molecule has 1 aromatic heterocycles. The minimum Gasteiger partial charge on any atom is -0.448 e. The Morgan fingerprint density at radius 2 is 2.04 bits per heavy atom. The van der Waals surface area contributed by atoms with Gasteiger partial charge in [0.05, 0.1) is 31.9 Å². The Hall–Kier alpha value is -1.93. The number of para-hydroxylation sites is 1. The SMILES string of the molecule is Cc1c(C(=O)N2CC[NH+]([C@@H]3CCS(=O)(=O)C3)CC2)oc2c(F)cccc12. The number of benzene rings is 1. The predicted octanol–water partition coefficient (Wildman–Crippen LogP) is 0.408. The van der Waals surface area contributed by atoms with Crippen molar-refractivity contribution in [3.63, 3.8) is 0 Å². The van der Waals surface area contributed by atoms with Crippen molar-refractivity contribution >= 4 is 26.7 Å². The number of nitrogens with one attached hydrogen (secondary N) is 1. The first-order chi connectivity index (χ1) is 12.4. The van der Waals surface area contributed by atoms with Crippen LogP contribution in [0.4, 0.5) is 4.39 Å². The highest BCUT2D eigenvalue weighted by Crippen LogP contribution is 2.28. The van der Waals surface area contributed by atoms with Crippen molar-refractivity contribution in [3.05, 3.63) is 35.3 Å². The van der Waals surface area contributed by atoms with Gasteiger partial charge in [-0.25, -0.2) is 12.8 Å². The van der Waals surface area contributed by atoms with E-state index in [9.17, 15) is 17.6 Å². The fourth-order valence-corrected chi connectivity index (χ4v) is 5.90. The van der Waals surface area contributed by atoms with E-state index in [2.05, 4.69) is 0 Å². The lowest BCUT2D eigenvalue weighted by Crippen LogP contribution is -3.18. The van der Waals surface area contributed by atoms with Crippen LogP contribution in [0.5, 0.6) is 0 Å². The molecule has 0 spiro atoms. The normalized spacial score (nSPS) is 23.6. The van der Waals surface area contributed by atoms with Crippen LogP contribution in [0.1, 0.15) is 22.5 Å². The molecule has 2 saturated heterocycles. The lowest BCUT2D eigenvalue weighted by atomic mass is 10.1. The molecule has 1 amide bonds. The summed E-state index contributed by atoms with van der Waals surface area (Å²) in [5.41, 5.74) is 0.773. The molecule has 1 N–H and O–H groups in total. The Balaban J connectivity index is 1.47. The average molecular weight is 381 g/mol. The zero-order chi connectivity index (χ0) is 18.5. The summed E-state index contributed by atoms with van der Waals surface area (Å²) in [6, 6.07) is 4.81. The molecular formula is C18H22FN2O4S+. The molecule has 0 radical (unpaired) electrons. The minimum absolute atomic E-state index is 0.119. The van der Waals surface area contributed by atoms with E-state index in [1.807, 2.05) is 0 Å². The molecule has 6 nitrogen and oxygen atoms in total. The lowest BCUT2D eigenvalue weighted by Gasteiger charge is -2.34. The third-order valence-corrected chi connectivity index (χ3v) is 7.38. The van der Waals surface area contributed by atoms with E-state index < -0.39 is 15.7 Å². The predicted molar refractivity (Wildman–Crippen MR) is 94.6 cm³/mol. The van der Waals surface area contributed by atoms with Crippen LogP contribution < -0.4 is 4.90 Å². The number of carbonyl (C=O) groups is 1. The van der Waals surface area contributed by atoms with Gasteiger partial charge >= 0.3 is 0 Å². The highest BCUT2D eigenvalue weighted by molar-refractivity contribution is 7.91. The number of hydrogen-bond donors (Lipinski definition) is 1. The van der Waals surface area contributed by atoms with Gasteiger partial charge in [-0.15, -0.1) is 0 Å². The molecule has 0 unspecified atom stereocenters. The number of quaternary nitrogens is 1. The first kappa shape index (κ1) is 17.5. The molecule has 1 aromatic carbocycles. The van der Waals surface area contributed by atoms with Crippen LogP contribution in [0.15, 0.2) is 22.6 Å². The van der Waals surface area contributed by atoms with Gasteiger partial charge in [-0.3, -0.25) is 4.79 Å². The van der Waals surface area contributed by atoms with Gasteiger partial charge in [0, 0.05) is 17.4 Å². The van der Waals surface area contributed by atoms with Crippen LogP contribution in [-0.4, -0.2) is 63.0 Å². The monoisotopic (exact) mass is 381 g/mol. The van der Waals surface area contributed by atoms with Crippen LogP contribution in [-0.2, 0) is 9.84 Å². The number of fused-ring (bicyclic) bond motifs is 1. The summed E-state index contributed by atoms with van der Waals surface area (Å²) < 4.78 is 42.8. The van der Waals surface area contributed by atoms with Crippen LogP contribution >= 0.6 is 0 Å². The maximum atomic E-state index is 13.9. The zero-order valence-corrected chi connectivity index (χ0v) is 15.4. The van der Waals surface area contributed by atoms with Crippen LogP contribution in [0.25, 0.3) is 11.0 Å². The first-order valence-corrected chi connectivity index (χ1v) is 10.7. The maximum Gasteiger partial charge on any atom is 0.290 e. The van der Waals surface area contributed by atoms with Crippen molar-refractivity contribution in [3.8, 4) is 0 Å². The van der Waals surface area contributed by atoms with Gasteiger partial charge < -0.3 is 14.2 Å². The first-order valence-electron chi connectivity index (χ1n) is 8.87. The molecule has 4 rings (SSSR count). The van der Waals surface area contributed by atoms with E-state index in [1.165, 1.54) is 11.0 Å². The quantitative estimate of drug-likeness (QED) is 0.818. The Morgan fingerprint density at radius 1 is 1.31 bits per heavy atom. The Morgan fingerprint density at radius 3 is 2.65 bits per heavy atom. The number of rotatable bonds is 2. The number of halogens is 1. The summed E-state index contributed by atoms with van der Waals surface area (Å²) in [5, 5.41) is 0.619. The van der Waals surface area contributed by atoms with Crippen molar-refractivity contribution in [1.82, 2.24) is 4.90 Å². The van der Waals surface area contributed by atoms with Crippen molar-refractivity contribution in [1.29, 1.82) is 0 Å². The highest BCUT2D eigenvalue weighted by Gasteiger charge is 2.38. The molecule has 2 aliphatic heterocycles. The number of aryl methyl sites for hydroxylation is 1. The third-order valence-electron chi connectivity index (χ3n) is 5.61. The molecule has 0 saturated carbocycles. The summed E-state index contributed by atoms with van der Waals surface area (Å²) in [7, 11) is -2.89. The number of sulfone groups is 1. The average Bonchev–Trinajstić information content (AvgIpc) is 3.16. The van der Waals surface area contributed by atoms with E-state index in [-0.39, 0.29) is 34.8 Å². The summed E-state index contributed by atoms with van der Waals surface area (Å²) in [6.07, 6.45) is 0.702. The van der Waals surface area contributed by atoms with Crippen LogP contribution in [0.2, 0.25) is 0 Å². The van der Waals surface area contributed by atoms with Crippen molar-refractivity contribution in [2.24, 2.45) is 0 Å². The molecule has 2 aromatic rings. The summed E-state index contributed by atoms with van der Waals surface area (Å²) in [6.45, 7) is 4.30. The third kappa shape index (κ3) is 3.01. The van der Waals surface area contributed by atoms with E-state index in [4.69, 9.17) is 4.42 Å². The van der Waals surface area contributed by atoms with Gasteiger partial charge in [-0.2, -0.15) is 0 Å². The van der Waals surface area contributed by atoms with Crippen LogP contribution in [0, 0.1) is 12.7 Å². The van der Waals surface area contributed by atoms with Crippen molar-refractivity contribution in [2.45, 2.75) is 19.4 Å². The van der Waals surface area contributed by atoms with Gasteiger partial charge in [-0.1, -0.05) is 12.1 Å². The van der Waals surface area contributed by atoms with Crippen molar-refractivity contribution in [2.75, 3.05) is 37.7 Å². The van der Waals surface area contributed by atoms with Crippen LogP contribution in [0.3, 0.4) is 0 Å². The summed E-state index contributed by atoms with van der Waals surface area (Å²) in [5.74, 6) is 0.0146. The number of nitrogens with zero attached hydrogens (tertiary/aromatic N) is 1. The topological polar surface area (TPSA) is 72.0 Å². The molecule has 2 aliphatic rings. The maximum absolute atomic E-state index is 13.9. The van der Waals surface area contributed by atoms with Crippen molar-refractivity contribution < 1.29 is 26.9 Å². The molecule has 3 heterocycles. The summed E-state index contributed by atoms with van der Waals surface area (Å²) >= 11 is 0. The molecular weight excluding hydrogens is 359 g/mol. The molecule has 8 heteroatoms.